The maximum Gasteiger partial charge on any atom is 0.149 e. The first-order valence-electron chi connectivity index (χ1n) is 16.0. The monoisotopic (exact) mass is 690 g/mol. The van der Waals surface area contributed by atoms with Gasteiger partial charge in [0.15, 0.2) is 0 Å². The molecule has 2 nitrogen and oxygen atoms in total. The van der Waals surface area contributed by atoms with E-state index in [1.165, 1.54) is 28.3 Å². The topological polar surface area (TPSA) is 29.5 Å². The van der Waals surface area contributed by atoms with Crippen LogP contribution >= 0.6 is 23.2 Å². The SMILES string of the molecule is CC1(C)c2ccccc2-c2cc(-c3cccc(Cl)c3F)c(O)cc21.COc1cc2c(cc1-c1cccc(Cl)c1F)-c1ccccc1C2(C)C. The molecular weight excluding hydrogens is 657 g/mol. The molecule has 6 aromatic rings. The van der Waals surface area contributed by atoms with Crippen LogP contribution in [0.5, 0.6) is 11.5 Å². The maximum atomic E-state index is 14.6. The fraction of sp³-hybridized carbons (Fsp3) is 0.163. The van der Waals surface area contributed by atoms with Crippen LogP contribution in [0, 0.1) is 11.6 Å². The van der Waals surface area contributed by atoms with Crippen molar-refractivity contribution in [1.82, 2.24) is 0 Å². The Bertz CT molecular complexity index is 2290. The van der Waals surface area contributed by atoms with Crippen LogP contribution in [0.4, 0.5) is 8.78 Å². The minimum atomic E-state index is -0.514. The summed E-state index contributed by atoms with van der Waals surface area (Å²) in [4.78, 5) is 0. The number of halogens is 4. The molecule has 0 radical (unpaired) electrons. The summed E-state index contributed by atoms with van der Waals surface area (Å²) in [6.07, 6.45) is 0. The van der Waals surface area contributed by atoms with Gasteiger partial charge in [-0.3, -0.25) is 0 Å². The second kappa shape index (κ2) is 12.0. The summed E-state index contributed by atoms with van der Waals surface area (Å²) in [7, 11) is 1.61. The van der Waals surface area contributed by atoms with Gasteiger partial charge in [0.05, 0.1) is 17.2 Å². The molecule has 2 aliphatic rings. The van der Waals surface area contributed by atoms with Gasteiger partial charge in [-0.15, -0.1) is 0 Å². The van der Waals surface area contributed by atoms with Crippen molar-refractivity contribution in [2.24, 2.45) is 0 Å². The van der Waals surface area contributed by atoms with Crippen LogP contribution in [-0.4, -0.2) is 12.2 Å². The van der Waals surface area contributed by atoms with Gasteiger partial charge < -0.3 is 9.84 Å². The molecule has 1 N–H and O–H groups in total. The third kappa shape index (κ3) is 5.21. The molecule has 6 aromatic carbocycles. The first kappa shape index (κ1) is 32.9. The third-order valence-electron chi connectivity index (χ3n) is 10.1. The van der Waals surface area contributed by atoms with Crippen molar-refractivity contribution >= 4 is 23.2 Å². The van der Waals surface area contributed by atoms with E-state index >= 15 is 0 Å². The van der Waals surface area contributed by atoms with E-state index in [-0.39, 0.29) is 26.6 Å². The quantitative estimate of drug-likeness (QED) is 0.200. The molecule has 0 saturated carbocycles. The number of hydrogen-bond acceptors (Lipinski definition) is 2. The summed E-state index contributed by atoms with van der Waals surface area (Å²) in [5, 5.41) is 10.7. The molecule has 8 rings (SSSR count). The Labute approximate surface area is 295 Å². The van der Waals surface area contributed by atoms with Gasteiger partial charge in [-0.1, -0.05) is 124 Å². The van der Waals surface area contributed by atoms with E-state index in [4.69, 9.17) is 27.9 Å². The van der Waals surface area contributed by atoms with Crippen molar-refractivity contribution in [2.75, 3.05) is 7.11 Å². The predicted octanol–water partition coefficient (Wildman–Crippen LogP) is 12.6. The molecule has 246 valence electrons. The second-order valence-corrected chi connectivity index (χ2v) is 14.4. The highest BCUT2D eigenvalue weighted by Gasteiger charge is 2.37. The predicted molar refractivity (Wildman–Crippen MR) is 197 cm³/mol. The number of phenolic OH excluding ortho intramolecular Hbond substituents is 1. The second-order valence-electron chi connectivity index (χ2n) is 13.6. The molecule has 0 aromatic heterocycles. The zero-order valence-electron chi connectivity index (χ0n) is 27.8. The van der Waals surface area contributed by atoms with Crippen molar-refractivity contribution in [3.8, 4) is 56.0 Å². The van der Waals surface area contributed by atoms with Crippen molar-refractivity contribution in [3.05, 3.63) is 153 Å². The Morgan fingerprint density at radius 1 is 0.490 bits per heavy atom. The fourth-order valence-corrected chi connectivity index (χ4v) is 7.83. The number of fused-ring (bicyclic) bond motifs is 6. The Hall–Kier alpha value is -4.64. The minimum absolute atomic E-state index is 0.0492. The van der Waals surface area contributed by atoms with Crippen molar-refractivity contribution in [1.29, 1.82) is 0 Å². The first-order chi connectivity index (χ1) is 23.4. The van der Waals surface area contributed by atoms with E-state index < -0.39 is 11.6 Å². The molecule has 0 amide bonds. The minimum Gasteiger partial charge on any atom is -0.507 e. The Balaban J connectivity index is 0.000000154. The molecule has 0 heterocycles. The summed E-state index contributed by atoms with van der Waals surface area (Å²) in [6, 6.07) is 34.1. The summed E-state index contributed by atoms with van der Waals surface area (Å²) in [5.74, 6) is -0.218. The number of hydrogen-bond donors (Lipinski definition) is 1. The standard InChI is InChI=1S/C22H18ClFO.C21H16ClFO/c1-22(2)17-9-5-4-7-13(17)15-11-16(20(25-3)12-18(15)22)14-8-6-10-19(23)21(14)24;1-21(2)16-8-4-3-6-12(16)14-10-15(19(24)11-17(14)21)13-7-5-9-18(22)20(13)23/h4-12H,1-3H3;3-11,24H,1-2H3. The lowest BCUT2D eigenvalue weighted by Crippen LogP contribution is -2.15. The van der Waals surface area contributed by atoms with Crippen LogP contribution in [0.3, 0.4) is 0 Å². The lowest BCUT2D eigenvalue weighted by atomic mass is 9.82. The molecule has 0 saturated heterocycles. The molecular formula is C43H34Cl2F2O2. The molecule has 0 bridgehead atoms. The van der Waals surface area contributed by atoms with E-state index in [0.717, 1.165) is 22.3 Å². The Morgan fingerprint density at radius 2 is 0.918 bits per heavy atom. The lowest BCUT2D eigenvalue weighted by molar-refractivity contribution is 0.415. The molecule has 6 heteroatoms. The van der Waals surface area contributed by atoms with Crippen LogP contribution in [-0.2, 0) is 10.8 Å². The molecule has 0 atom stereocenters. The van der Waals surface area contributed by atoms with E-state index in [2.05, 4.69) is 58.0 Å². The number of ether oxygens (including phenoxy) is 1. The van der Waals surface area contributed by atoms with Crippen molar-refractivity contribution in [2.45, 2.75) is 38.5 Å². The zero-order chi connectivity index (χ0) is 34.8. The van der Waals surface area contributed by atoms with E-state index in [1.807, 2.05) is 36.4 Å². The van der Waals surface area contributed by atoms with Gasteiger partial charge in [0.25, 0.3) is 0 Å². The van der Waals surface area contributed by atoms with Crippen LogP contribution in [0.2, 0.25) is 10.0 Å². The number of benzene rings is 6. The van der Waals surface area contributed by atoms with Gasteiger partial charge >= 0.3 is 0 Å². The number of phenols is 1. The van der Waals surface area contributed by atoms with Crippen molar-refractivity contribution in [3.63, 3.8) is 0 Å². The summed E-state index contributed by atoms with van der Waals surface area (Å²) in [5.41, 5.74) is 10.8. The van der Waals surface area contributed by atoms with Crippen molar-refractivity contribution < 1.29 is 18.6 Å². The lowest BCUT2D eigenvalue weighted by Gasteiger charge is -2.22. The smallest absolute Gasteiger partial charge is 0.149 e. The van der Waals surface area contributed by atoms with Gasteiger partial charge in [0.1, 0.15) is 23.1 Å². The van der Waals surface area contributed by atoms with E-state index in [1.54, 1.807) is 43.5 Å². The van der Waals surface area contributed by atoms with Gasteiger partial charge in [0, 0.05) is 33.1 Å². The molecule has 0 fully saturated rings. The maximum absolute atomic E-state index is 14.6. The van der Waals surface area contributed by atoms with Gasteiger partial charge in [-0.05, 0) is 80.9 Å². The third-order valence-corrected chi connectivity index (χ3v) is 10.7. The average Bonchev–Trinajstić information content (AvgIpc) is 3.45. The normalized spacial score (nSPS) is 14.2. The van der Waals surface area contributed by atoms with E-state index in [0.29, 0.717) is 28.0 Å². The highest BCUT2D eigenvalue weighted by atomic mass is 35.5. The summed E-state index contributed by atoms with van der Waals surface area (Å²) >= 11 is 11.9. The largest absolute Gasteiger partial charge is 0.507 e. The van der Waals surface area contributed by atoms with Gasteiger partial charge in [-0.2, -0.15) is 0 Å². The molecule has 0 unspecified atom stereocenters. The van der Waals surface area contributed by atoms with E-state index in [9.17, 15) is 13.9 Å². The van der Waals surface area contributed by atoms with Crippen LogP contribution in [0.15, 0.2) is 109 Å². The van der Waals surface area contributed by atoms with Crippen LogP contribution in [0.25, 0.3) is 44.5 Å². The Morgan fingerprint density at radius 3 is 1.43 bits per heavy atom. The van der Waals surface area contributed by atoms with Gasteiger partial charge in [-0.25, -0.2) is 8.78 Å². The van der Waals surface area contributed by atoms with Gasteiger partial charge in [0.2, 0.25) is 0 Å². The number of methoxy groups -OCH3 is 1. The highest BCUT2D eigenvalue weighted by molar-refractivity contribution is 6.31. The zero-order valence-corrected chi connectivity index (χ0v) is 29.3. The fourth-order valence-electron chi connectivity index (χ4n) is 7.48. The first-order valence-corrected chi connectivity index (χ1v) is 16.8. The van der Waals surface area contributed by atoms with Crippen LogP contribution in [0.1, 0.15) is 49.9 Å². The Kier molecular flexibility index (Phi) is 8.09. The summed E-state index contributed by atoms with van der Waals surface area (Å²) in [6.45, 7) is 8.68. The number of aromatic hydroxyl groups is 1. The molecule has 49 heavy (non-hydrogen) atoms. The highest BCUT2D eigenvalue weighted by Crippen LogP contribution is 2.53. The van der Waals surface area contributed by atoms with Crippen LogP contribution < -0.4 is 4.74 Å². The average molecular weight is 692 g/mol. The molecule has 0 aliphatic heterocycles. The molecule has 0 spiro atoms. The molecule has 2 aliphatic carbocycles. The number of rotatable bonds is 3. The summed E-state index contributed by atoms with van der Waals surface area (Å²) < 4.78 is 34.6.